The predicted molar refractivity (Wildman–Crippen MR) is 80.4 cm³/mol. The molecular formula is C13H9BrN4O2. The number of halogens is 1. The molecule has 3 rings (SSSR count). The van der Waals surface area contributed by atoms with Gasteiger partial charge in [0.25, 0.3) is 11.1 Å². The van der Waals surface area contributed by atoms with Crippen molar-refractivity contribution < 1.29 is 0 Å². The average Bonchev–Trinajstić information content (AvgIpc) is 2.45. The summed E-state index contributed by atoms with van der Waals surface area (Å²) in [6.07, 6.45) is 1.63. The van der Waals surface area contributed by atoms with Gasteiger partial charge in [-0.1, -0.05) is 6.07 Å². The molecule has 1 aromatic carbocycles. The molecule has 0 saturated carbocycles. The van der Waals surface area contributed by atoms with Crippen LogP contribution in [-0.4, -0.2) is 15.2 Å². The van der Waals surface area contributed by atoms with Gasteiger partial charge in [0, 0.05) is 6.20 Å². The molecule has 0 atom stereocenters. The number of hydrogen-bond donors (Lipinski definition) is 3. The Morgan fingerprint density at radius 3 is 2.65 bits per heavy atom. The molecule has 100 valence electrons. The first-order valence-corrected chi connectivity index (χ1v) is 6.57. The van der Waals surface area contributed by atoms with Gasteiger partial charge in [0.1, 0.15) is 5.82 Å². The van der Waals surface area contributed by atoms with Crippen molar-refractivity contribution in [3.8, 4) is 0 Å². The summed E-state index contributed by atoms with van der Waals surface area (Å²) in [7, 11) is 0. The van der Waals surface area contributed by atoms with E-state index in [0.29, 0.717) is 22.3 Å². The molecule has 0 aliphatic heterocycles. The van der Waals surface area contributed by atoms with Crippen molar-refractivity contribution in [2.45, 2.75) is 0 Å². The molecule has 2 heterocycles. The predicted octanol–water partition coefficient (Wildman–Crippen LogP) is 2.12. The third kappa shape index (κ3) is 2.12. The highest BCUT2D eigenvalue weighted by Gasteiger charge is 2.09. The molecule has 0 saturated heterocycles. The van der Waals surface area contributed by atoms with Crippen molar-refractivity contribution in [1.29, 1.82) is 0 Å². The first-order chi connectivity index (χ1) is 9.66. The van der Waals surface area contributed by atoms with E-state index < -0.39 is 0 Å². The summed E-state index contributed by atoms with van der Waals surface area (Å²) in [5.74, 6) is 0.569. The Hall–Kier alpha value is -2.41. The number of aromatic nitrogens is 3. The zero-order chi connectivity index (χ0) is 14.1. The van der Waals surface area contributed by atoms with Crippen LogP contribution in [0.25, 0.3) is 10.8 Å². The summed E-state index contributed by atoms with van der Waals surface area (Å²) in [5, 5.41) is 8.29. The summed E-state index contributed by atoms with van der Waals surface area (Å²) >= 11 is 3.37. The lowest BCUT2D eigenvalue weighted by atomic mass is 10.1. The zero-order valence-corrected chi connectivity index (χ0v) is 11.7. The molecule has 0 bridgehead atoms. The molecule has 6 nitrogen and oxygen atoms in total. The smallest absolute Gasteiger partial charge is 0.272 e. The second kappa shape index (κ2) is 4.93. The Kier molecular flexibility index (Phi) is 3.11. The van der Waals surface area contributed by atoms with Crippen LogP contribution in [0.15, 0.2) is 50.6 Å². The molecule has 0 amide bonds. The highest BCUT2D eigenvalue weighted by atomic mass is 79.9. The second-order valence-electron chi connectivity index (χ2n) is 4.10. The maximum Gasteiger partial charge on any atom is 0.272 e. The van der Waals surface area contributed by atoms with E-state index >= 15 is 0 Å². The van der Waals surface area contributed by atoms with E-state index in [1.807, 2.05) is 6.07 Å². The molecular weight excluding hydrogens is 324 g/mol. The Morgan fingerprint density at radius 2 is 1.85 bits per heavy atom. The topological polar surface area (TPSA) is 90.6 Å². The molecule has 0 fully saturated rings. The van der Waals surface area contributed by atoms with Gasteiger partial charge < -0.3 is 5.32 Å². The third-order valence-electron chi connectivity index (χ3n) is 2.84. The van der Waals surface area contributed by atoms with E-state index in [-0.39, 0.29) is 11.1 Å². The minimum absolute atomic E-state index is 0.300. The summed E-state index contributed by atoms with van der Waals surface area (Å²) in [6, 6.07) is 8.64. The van der Waals surface area contributed by atoms with Gasteiger partial charge in [0.05, 0.1) is 20.9 Å². The fraction of sp³-hybridized carbons (Fsp3) is 0. The first-order valence-electron chi connectivity index (χ1n) is 5.78. The number of nitrogens with zero attached hydrogens (tertiary/aromatic N) is 1. The molecule has 3 N–H and O–H groups in total. The number of pyridine rings is 1. The molecule has 0 unspecified atom stereocenters. The van der Waals surface area contributed by atoms with Gasteiger partial charge in [-0.25, -0.2) is 4.98 Å². The quantitative estimate of drug-likeness (QED) is 0.670. The maximum absolute atomic E-state index is 11.9. The van der Waals surface area contributed by atoms with Gasteiger partial charge >= 0.3 is 0 Å². The monoisotopic (exact) mass is 332 g/mol. The van der Waals surface area contributed by atoms with Crippen LogP contribution >= 0.6 is 15.9 Å². The second-order valence-corrected chi connectivity index (χ2v) is 4.95. The van der Waals surface area contributed by atoms with Crippen molar-refractivity contribution in [3.63, 3.8) is 0 Å². The number of hydrogen-bond acceptors (Lipinski definition) is 4. The van der Waals surface area contributed by atoms with Crippen LogP contribution in [-0.2, 0) is 0 Å². The SMILES string of the molecule is O=c1[nH][nH]c(=O)c2c(Nc3ncccc3Br)cccc12. The Morgan fingerprint density at radius 1 is 1.05 bits per heavy atom. The Bertz CT molecular complexity index is 901. The Labute approximate surface area is 121 Å². The molecule has 7 heteroatoms. The standard InChI is InChI=1S/C13H9BrN4O2/c14-8-4-2-6-15-11(8)16-9-5-1-3-7-10(9)13(20)18-17-12(7)19/h1-6H,(H,15,16)(H,17,19)(H,18,20). The number of fused-ring (bicyclic) bond motifs is 1. The third-order valence-corrected chi connectivity index (χ3v) is 3.48. The van der Waals surface area contributed by atoms with Crippen LogP contribution < -0.4 is 16.4 Å². The van der Waals surface area contributed by atoms with Gasteiger partial charge in [-0.3, -0.25) is 19.8 Å². The number of aromatic amines is 2. The normalized spacial score (nSPS) is 10.7. The van der Waals surface area contributed by atoms with Crippen molar-refractivity contribution in [2.24, 2.45) is 0 Å². The summed E-state index contributed by atoms with van der Waals surface area (Å²) in [4.78, 5) is 27.8. The lowest BCUT2D eigenvalue weighted by Gasteiger charge is -2.09. The lowest BCUT2D eigenvalue weighted by molar-refractivity contribution is 0.977. The minimum atomic E-state index is -0.366. The van der Waals surface area contributed by atoms with Gasteiger partial charge in [-0.05, 0) is 40.2 Å². The van der Waals surface area contributed by atoms with Crippen molar-refractivity contribution >= 4 is 38.2 Å². The maximum atomic E-state index is 11.9. The van der Waals surface area contributed by atoms with E-state index in [1.54, 1.807) is 30.5 Å². The van der Waals surface area contributed by atoms with Crippen LogP contribution in [0, 0.1) is 0 Å². The van der Waals surface area contributed by atoms with Gasteiger partial charge in [0.2, 0.25) is 0 Å². The van der Waals surface area contributed by atoms with Crippen molar-refractivity contribution in [1.82, 2.24) is 15.2 Å². The number of rotatable bonds is 2. The van der Waals surface area contributed by atoms with E-state index in [1.165, 1.54) is 0 Å². The fourth-order valence-electron chi connectivity index (χ4n) is 1.94. The number of anilines is 2. The van der Waals surface area contributed by atoms with Crippen LogP contribution in [0.4, 0.5) is 11.5 Å². The number of H-pyrrole nitrogens is 2. The highest BCUT2D eigenvalue weighted by Crippen LogP contribution is 2.25. The molecule has 0 aliphatic rings. The van der Waals surface area contributed by atoms with E-state index in [9.17, 15) is 9.59 Å². The van der Waals surface area contributed by atoms with Gasteiger partial charge in [0.15, 0.2) is 0 Å². The van der Waals surface area contributed by atoms with Crippen LogP contribution in [0.5, 0.6) is 0 Å². The average molecular weight is 333 g/mol. The molecule has 3 aromatic rings. The lowest BCUT2D eigenvalue weighted by Crippen LogP contribution is -2.19. The number of benzene rings is 1. The fourth-order valence-corrected chi connectivity index (χ4v) is 2.29. The molecule has 0 aliphatic carbocycles. The van der Waals surface area contributed by atoms with E-state index in [0.717, 1.165) is 4.47 Å². The van der Waals surface area contributed by atoms with Crippen LogP contribution in [0.1, 0.15) is 0 Å². The Balaban J connectivity index is 2.23. The molecule has 0 spiro atoms. The highest BCUT2D eigenvalue weighted by molar-refractivity contribution is 9.10. The summed E-state index contributed by atoms with van der Waals surface area (Å²) < 4.78 is 0.762. The summed E-state index contributed by atoms with van der Waals surface area (Å²) in [5.41, 5.74) is -0.188. The van der Waals surface area contributed by atoms with Gasteiger partial charge in [-0.2, -0.15) is 0 Å². The van der Waals surface area contributed by atoms with Gasteiger partial charge in [-0.15, -0.1) is 0 Å². The van der Waals surface area contributed by atoms with Crippen LogP contribution in [0.2, 0.25) is 0 Å². The molecule has 0 radical (unpaired) electrons. The molecule has 2 aromatic heterocycles. The van der Waals surface area contributed by atoms with Crippen molar-refractivity contribution in [2.75, 3.05) is 5.32 Å². The largest absolute Gasteiger partial charge is 0.339 e. The zero-order valence-electron chi connectivity index (χ0n) is 10.1. The summed E-state index contributed by atoms with van der Waals surface area (Å²) in [6.45, 7) is 0. The van der Waals surface area contributed by atoms with Crippen LogP contribution in [0.3, 0.4) is 0 Å². The molecule has 20 heavy (non-hydrogen) atoms. The van der Waals surface area contributed by atoms with E-state index in [2.05, 4.69) is 36.4 Å². The number of nitrogens with one attached hydrogen (secondary N) is 3. The van der Waals surface area contributed by atoms with E-state index in [4.69, 9.17) is 0 Å². The van der Waals surface area contributed by atoms with Crippen molar-refractivity contribution in [3.05, 3.63) is 61.7 Å². The first kappa shape index (κ1) is 12.6. The minimum Gasteiger partial charge on any atom is -0.339 e.